The first kappa shape index (κ1) is 7.45. The number of epoxide rings is 2. The molecule has 64 valence electrons. The highest BCUT2D eigenvalue weighted by atomic mass is 16.6. The molecule has 2 saturated heterocycles. The smallest absolute Gasteiger partial charge is 0.148 e. The Balaban J connectivity index is 1.72. The fourth-order valence-corrected chi connectivity index (χ4v) is 0.914. The van der Waals surface area contributed by atoms with Crippen molar-refractivity contribution >= 4 is 0 Å². The Morgan fingerprint density at radius 2 is 2.00 bits per heavy atom. The summed E-state index contributed by atoms with van der Waals surface area (Å²) >= 11 is 0. The molecule has 0 amide bonds. The van der Waals surface area contributed by atoms with Crippen molar-refractivity contribution in [3.05, 3.63) is 0 Å². The molecule has 2 atom stereocenters. The van der Waals surface area contributed by atoms with Crippen LogP contribution in [0.15, 0.2) is 0 Å². The summed E-state index contributed by atoms with van der Waals surface area (Å²) in [6.45, 7) is 2.19. The maximum absolute atomic E-state index is 5.68. The second kappa shape index (κ2) is 2.40. The predicted octanol–water partition coefficient (Wildman–Crippen LogP) is -2.06. The second-order valence-electron chi connectivity index (χ2n) is 3.09. The minimum Gasteiger partial charge on any atom is -0.372 e. The zero-order valence-electron chi connectivity index (χ0n) is 6.25. The Morgan fingerprint density at radius 1 is 1.36 bits per heavy atom. The summed E-state index contributed by atoms with van der Waals surface area (Å²) in [5, 5.41) is 2.99. The molecule has 2 aliphatic heterocycles. The molecule has 5 N–H and O–H groups in total. The van der Waals surface area contributed by atoms with Gasteiger partial charge < -0.3 is 9.47 Å². The van der Waals surface area contributed by atoms with E-state index in [0.717, 1.165) is 6.61 Å². The van der Waals surface area contributed by atoms with Crippen LogP contribution in [0.2, 0.25) is 0 Å². The molecular weight excluding hydrogens is 146 g/mol. The Hall–Kier alpha value is -0.200. The standard InChI is InChI=1S/C6H13N3O2/c7-6(8,5-3-11-5)9-1-4-2-10-4/h4-5,9H,1-3,7-8H2. The lowest BCUT2D eigenvalue weighted by molar-refractivity contribution is 0.237. The number of hydrogen-bond acceptors (Lipinski definition) is 5. The lowest BCUT2D eigenvalue weighted by Gasteiger charge is -2.23. The topological polar surface area (TPSA) is 89.1 Å². The molecule has 2 heterocycles. The molecule has 5 heteroatoms. The molecule has 0 saturated carbocycles. The van der Waals surface area contributed by atoms with Crippen molar-refractivity contribution in [2.75, 3.05) is 19.8 Å². The monoisotopic (exact) mass is 159 g/mol. The molecule has 5 nitrogen and oxygen atoms in total. The molecular formula is C6H13N3O2. The molecule has 0 bridgehead atoms. The first-order valence-corrected chi connectivity index (χ1v) is 3.74. The number of hydrogen-bond donors (Lipinski definition) is 3. The molecule has 2 aliphatic rings. The Kier molecular flexibility index (Phi) is 1.62. The van der Waals surface area contributed by atoms with Crippen LogP contribution in [0.5, 0.6) is 0 Å². The molecule has 11 heavy (non-hydrogen) atoms. The fraction of sp³-hybridized carbons (Fsp3) is 1.00. The quantitative estimate of drug-likeness (QED) is 0.324. The zero-order chi connectivity index (χ0) is 7.90. The molecule has 0 aromatic rings. The Bertz CT molecular complexity index is 154. The van der Waals surface area contributed by atoms with Crippen molar-refractivity contribution in [1.29, 1.82) is 0 Å². The van der Waals surface area contributed by atoms with Crippen LogP contribution in [0.4, 0.5) is 0 Å². The maximum Gasteiger partial charge on any atom is 0.148 e. The highest BCUT2D eigenvalue weighted by Crippen LogP contribution is 2.16. The van der Waals surface area contributed by atoms with E-state index in [1.807, 2.05) is 0 Å². The van der Waals surface area contributed by atoms with Gasteiger partial charge >= 0.3 is 0 Å². The van der Waals surface area contributed by atoms with E-state index in [1.54, 1.807) is 0 Å². The SMILES string of the molecule is NC(N)(NCC1CO1)C1CO1. The van der Waals surface area contributed by atoms with Crippen molar-refractivity contribution < 1.29 is 9.47 Å². The first-order valence-electron chi connectivity index (χ1n) is 3.74. The molecule has 0 aliphatic carbocycles. The van der Waals surface area contributed by atoms with Crippen molar-refractivity contribution in [2.45, 2.75) is 18.0 Å². The van der Waals surface area contributed by atoms with Gasteiger partial charge in [0.05, 0.1) is 19.3 Å². The summed E-state index contributed by atoms with van der Waals surface area (Å²) in [4.78, 5) is 0. The largest absolute Gasteiger partial charge is 0.372 e. The highest BCUT2D eigenvalue weighted by Gasteiger charge is 2.41. The van der Waals surface area contributed by atoms with Crippen molar-refractivity contribution in [3.8, 4) is 0 Å². The summed E-state index contributed by atoms with van der Waals surface area (Å²) in [6.07, 6.45) is 0.279. The van der Waals surface area contributed by atoms with Crippen LogP contribution in [0.25, 0.3) is 0 Å². The minimum atomic E-state index is -0.869. The molecule has 0 spiro atoms. The van der Waals surface area contributed by atoms with Gasteiger partial charge in [0.2, 0.25) is 0 Å². The zero-order valence-corrected chi connectivity index (χ0v) is 6.25. The van der Waals surface area contributed by atoms with Gasteiger partial charge in [-0.2, -0.15) is 0 Å². The summed E-state index contributed by atoms with van der Waals surface area (Å²) < 4.78 is 9.96. The molecule has 2 unspecified atom stereocenters. The molecule has 0 radical (unpaired) electrons. The normalized spacial score (nSPS) is 35.5. The molecule has 0 aromatic carbocycles. The Morgan fingerprint density at radius 3 is 2.45 bits per heavy atom. The summed E-state index contributed by atoms with van der Waals surface area (Å²) in [5.74, 6) is -0.869. The van der Waals surface area contributed by atoms with E-state index < -0.39 is 5.79 Å². The van der Waals surface area contributed by atoms with E-state index in [9.17, 15) is 0 Å². The highest BCUT2D eigenvalue weighted by molar-refractivity contribution is 4.92. The third kappa shape index (κ3) is 1.88. The van der Waals surface area contributed by atoms with Crippen molar-refractivity contribution in [1.82, 2.24) is 5.32 Å². The molecule has 2 rings (SSSR count). The van der Waals surface area contributed by atoms with E-state index in [4.69, 9.17) is 20.9 Å². The number of ether oxygens (including phenoxy) is 2. The first-order chi connectivity index (χ1) is 5.18. The average Bonchev–Trinajstić information content (AvgIpc) is 2.79. The van der Waals surface area contributed by atoms with Crippen LogP contribution in [0, 0.1) is 0 Å². The number of nitrogens with two attached hydrogens (primary N) is 2. The minimum absolute atomic E-state index is 0.0266. The summed E-state index contributed by atoms with van der Waals surface area (Å²) in [6, 6.07) is 0. The van der Waals surface area contributed by atoms with E-state index >= 15 is 0 Å². The van der Waals surface area contributed by atoms with E-state index in [2.05, 4.69) is 5.32 Å². The summed E-state index contributed by atoms with van der Waals surface area (Å²) in [7, 11) is 0. The second-order valence-corrected chi connectivity index (χ2v) is 3.09. The van der Waals surface area contributed by atoms with Crippen molar-refractivity contribution in [2.24, 2.45) is 11.5 Å². The predicted molar refractivity (Wildman–Crippen MR) is 38.6 cm³/mol. The summed E-state index contributed by atoms with van der Waals surface area (Å²) in [5.41, 5.74) is 11.4. The lowest BCUT2D eigenvalue weighted by atomic mass is 10.2. The van der Waals surface area contributed by atoms with Gasteiger partial charge in [-0.15, -0.1) is 0 Å². The van der Waals surface area contributed by atoms with Crippen LogP contribution in [0.1, 0.15) is 0 Å². The van der Waals surface area contributed by atoms with Gasteiger partial charge in [-0.3, -0.25) is 16.8 Å². The van der Waals surface area contributed by atoms with Gasteiger partial charge in [-0.1, -0.05) is 0 Å². The van der Waals surface area contributed by atoms with Gasteiger partial charge in [0.1, 0.15) is 11.9 Å². The van der Waals surface area contributed by atoms with Crippen LogP contribution >= 0.6 is 0 Å². The number of rotatable bonds is 4. The van der Waals surface area contributed by atoms with Crippen LogP contribution < -0.4 is 16.8 Å². The molecule has 2 fully saturated rings. The van der Waals surface area contributed by atoms with E-state index in [0.29, 0.717) is 19.3 Å². The average molecular weight is 159 g/mol. The van der Waals surface area contributed by atoms with Gasteiger partial charge in [0.15, 0.2) is 0 Å². The molecule has 0 aromatic heterocycles. The third-order valence-electron chi connectivity index (χ3n) is 1.90. The van der Waals surface area contributed by atoms with Crippen LogP contribution in [-0.4, -0.2) is 37.8 Å². The van der Waals surface area contributed by atoms with Crippen LogP contribution in [-0.2, 0) is 9.47 Å². The van der Waals surface area contributed by atoms with Crippen molar-refractivity contribution in [3.63, 3.8) is 0 Å². The maximum atomic E-state index is 5.68. The number of nitrogens with one attached hydrogen (secondary N) is 1. The van der Waals surface area contributed by atoms with Gasteiger partial charge in [0.25, 0.3) is 0 Å². The Labute approximate surface area is 65.0 Å². The van der Waals surface area contributed by atoms with Gasteiger partial charge in [-0.05, 0) is 0 Å². The van der Waals surface area contributed by atoms with E-state index in [-0.39, 0.29) is 6.10 Å². The van der Waals surface area contributed by atoms with Crippen LogP contribution in [0.3, 0.4) is 0 Å². The third-order valence-corrected chi connectivity index (χ3v) is 1.90. The fourth-order valence-electron chi connectivity index (χ4n) is 0.914. The van der Waals surface area contributed by atoms with Gasteiger partial charge in [0, 0.05) is 6.54 Å². The van der Waals surface area contributed by atoms with Gasteiger partial charge in [-0.25, -0.2) is 0 Å². The van der Waals surface area contributed by atoms with E-state index in [1.165, 1.54) is 0 Å². The lowest BCUT2D eigenvalue weighted by Crippen LogP contribution is -2.66.